The van der Waals surface area contributed by atoms with E-state index in [1.54, 1.807) is 0 Å². The van der Waals surface area contributed by atoms with Crippen LogP contribution in [0.25, 0.3) is 0 Å². The maximum atomic E-state index is 12.4. The number of carbonyl (C=O) groups excluding carboxylic acids is 1. The first kappa shape index (κ1) is 16.7. The van der Waals surface area contributed by atoms with Crippen LogP contribution in [0.3, 0.4) is 0 Å². The summed E-state index contributed by atoms with van der Waals surface area (Å²) in [5.41, 5.74) is 1.90. The minimum absolute atomic E-state index is 0.0987. The Kier molecular flexibility index (Phi) is 5.42. The lowest BCUT2D eigenvalue weighted by Gasteiger charge is -2.11. The molecule has 3 aromatic rings. The summed E-state index contributed by atoms with van der Waals surface area (Å²) in [5.74, 6) is 1.25. The number of anilines is 1. The first-order chi connectivity index (χ1) is 12.2. The number of rotatable bonds is 6. The Morgan fingerprint density at radius 3 is 2.36 bits per heavy atom. The highest BCUT2D eigenvalue weighted by Gasteiger charge is 2.12. The molecule has 4 heteroatoms. The third kappa shape index (κ3) is 4.67. The van der Waals surface area contributed by atoms with Crippen LogP contribution in [-0.2, 0) is 17.8 Å². The van der Waals surface area contributed by atoms with Gasteiger partial charge in [-0.15, -0.1) is 0 Å². The van der Waals surface area contributed by atoms with Gasteiger partial charge in [-0.3, -0.25) is 4.79 Å². The molecule has 2 aromatic carbocycles. The lowest BCUT2D eigenvalue weighted by atomic mass is 10.2. The van der Waals surface area contributed by atoms with Crippen LogP contribution in [0.15, 0.2) is 79.1 Å². The van der Waals surface area contributed by atoms with Gasteiger partial charge in [0.2, 0.25) is 6.54 Å². The van der Waals surface area contributed by atoms with Crippen molar-refractivity contribution in [3.05, 3.63) is 84.7 Å². The average molecular weight is 333 g/mol. The van der Waals surface area contributed by atoms with E-state index in [0.29, 0.717) is 11.4 Å². The number of aromatic nitrogens is 1. The molecular weight excluding hydrogens is 312 g/mol. The average Bonchev–Trinajstić information content (AvgIpc) is 2.65. The van der Waals surface area contributed by atoms with Crippen molar-refractivity contribution >= 4 is 11.6 Å². The number of para-hydroxylation sites is 3. The van der Waals surface area contributed by atoms with Crippen molar-refractivity contribution in [2.45, 2.75) is 19.9 Å². The van der Waals surface area contributed by atoms with E-state index in [1.165, 1.54) is 5.56 Å². The zero-order valence-corrected chi connectivity index (χ0v) is 14.2. The van der Waals surface area contributed by atoms with Crippen LogP contribution in [0.5, 0.6) is 11.5 Å². The van der Waals surface area contributed by atoms with Gasteiger partial charge in [-0.1, -0.05) is 37.3 Å². The molecule has 0 fully saturated rings. The zero-order valence-electron chi connectivity index (χ0n) is 14.2. The number of nitrogens with zero attached hydrogens (tertiary/aromatic N) is 1. The molecule has 0 aliphatic carbocycles. The fourth-order valence-electron chi connectivity index (χ4n) is 2.46. The van der Waals surface area contributed by atoms with Gasteiger partial charge >= 0.3 is 0 Å². The summed E-state index contributed by atoms with van der Waals surface area (Å²) < 4.78 is 7.73. The molecule has 1 N–H and O–H groups in total. The van der Waals surface area contributed by atoms with Crippen molar-refractivity contribution in [1.82, 2.24) is 0 Å². The van der Waals surface area contributed by atoms with Gasteiger partial charge in [0.1, 0.15) is 5.75 Å². The molecule has 0 saturated heterocycles. The molecule has 0 atom stereocenters. The molecule has 0 bridgehead atoms. The first-order valence-corrected chi connectivity index (χ1v) is 8.34. The van der Waals surface area contributed by atoms with Crippen LogP contribution >= 0.6 is 0 Å². The number of benzene rings is 2. The lowest BCUT2D eigenvalue weighted by molar-refractivity contribution is -0.684. The number of pyridine rings is 1. The molecule has 0 unspecified atom stereocenters. The summed E-state index contributed by atoms with van der Waals surface area (Å²) in [6.07, 6.45) is 4.83. The second-order valence-corrected chi connectivity index (χ2v) is 5.69. The van der Waals surface area contributed by atoms with Crippen LogP contribution in [0.2, 0.25) is 0 Å². The molecule has 0 saturated carbocycles. The van der Waals surface area contributed by atoms with Crippen molar-refractivity contribution in [2.75, 3.05) is 5.32 Å². The van der Waals surface area contributed by atoms with Crippen molar-refractivity contribution in [1.29, 1.82) is 0 Å². The number of aryl methyl sites for hydroxylation is 1. The lowest BCUT2D eigenvalue weighted by Crippen LogP contribution is -2.39. The van der Waals surface area contributed by atoms with Gasteiger partial charge in [-0.2, -0.15) is 4.57 Å². The minimum atomic E-state index is -0.0987. The van der Waals surface area contributed by atoms with E-state index in [2.05, 4.69) is 12.2 Å². The maximum absolute atomic E-state index is 12.4. The summed E-state index contributed by atoms with van der Waals surface area (Å²) in [6, 6.07) is 21.0. The highest BCUT2D eigenvalue weighted by Crippen LogP contribution is 2.28. The summed E-state index contributed by atoms with van der Waals surface area (Å²) in [4.78, 5) is 12.4. The molecule has 0 radical (unpaired) electrons. The Hall–Kier alpha value is -3.14. The highest BCUT2D eigenvalue weighted by atomic mass is 16.5. The molecular formula is C21H21N2O2+. The fourth-order valence-corrected chi connectivity index (χ4v) is 2.46. The number of amides is 1. The van der Waals surface area contributed by atoms with E-state index < -0.39 is 0 Å². The molecule has 1 heterocycles. The molecule has 0 aliphatic heterocycles. The van der Waals surface area contributed by atoms with Gasteiger partial charge in [-0.25, -0.2) is 0 Å². The van der Waals surface area contributed by atoms with Crippen LogP contribution < -0.4 is 14.6 Å². The van der Waals surface area contributed by atoms with Crippen LogP contribution in [-0.4, -0.2) is 5.91 Å². The summed E-state index contributed by atoms with van der Waals surface area (Å²) in [6.45, 7) is 2.36. The Morgan fingerprint density at radius 2 is 1.64 bits per heavy atom. The Labute approximate surface area is 147 Å². The van der Waals surface area contributed by atoms with E-state index in [9.17, 15) is 4.79 Å². The third-order valence-electron chi connectivity index (χ3n) is 3.83. The van der Waals surface area contributed by atoms with Gasteiger partial charge < -0.3 is 10.1 Å². The van der Waals surface area contributed by atoms with Crippen molar-refractivity contribution in [2.24, 2.45) is 0 Å². The molecule has 1 amide bonds. The summed E-state index contributed by atoms with van der Waals surface area (Å²) >= 11 is 0. The van der Waals surface area contributed by atoms with Gasteiger partial charge in [0.05, 0.1) is 5.69 Å². The Bertz CT molecular complexity index is 830. The largest absolute Gasteiger partial charge is 0.455 e. The topological polar surface area (TPSA) is 42.2 Å². The van der Waals surface area contributed by atoms with E-state index >= 15 is 0 Å². The van der Waals surface area contributed by atoms with Crippen molar-refractivity contribution in [3.63, 3.8) is 0 Å². The van der Waals surface area contributed by atoms with Gasteiger partial charge in [0, 0.05) is 12.1 Å². The molecule has 126 valence electrons. The normalized spacial score (nSPS) is 10.3. The molecule has 3 rings (SSSR count). The Morgan fingerprint density at radius 1 is 0.960 bits per heavy atom. The SMILES string of the molecule is CCc1cc[n+](CC(=O)Nc2ccccc2Oc2ccccc2)cc1. The minimum Gasteiger partial charge on any atom is -0.455 e. The quantitative estimate of drug-likeness (QED) is 0.694. The fraction of sp³-hybridized carbons (Fsp3) is 0.143. The number of hydrogen-bond donors (Lipinski definition) is 1. The monoisotopic (exact) mass is 333 g/mol. The van der Waals surface area contributed by atoms with Crippen LogP contribution in [0, 0.1) is 0 Å². The van der Waals surface area contributed by atoms with Crippen LogP contribution in [0.1, 0.15) is 12.5 Å². The van der Waals surface area contributed by atoms with Gasteiger partial charge in [0.25, 0.3) is 5.91 Å². The Balaban J connectivity index is 1.68. The predicted molar refractivity (Wildman–Crippen MR) is 97.6 cm³/mol. The molecule has 1 aromatic heterocycles. The number of hydrogen-bond acceptors (Lipinski definition) is 2. The molecule has 0 spiro atoms. The number of carbonyl (C=O) groups is 1. The summed E-state index contributed by atoms with van der Waals surface area (Å²) in [7, 11) is 0. The van der Waals surface area contributed by atoms with Crippen LogP contribution in [0.4, 0.5) is 5.69 Å². The number of ether oxygens (including phenoxy) is 1. The molecule has 4 nitrogen and oxygen atoms in total. The second-order valence-electron chi connectivity index (χ2n) is 5.69. The maximum Gasteiger partial charge on any atom is 0.290 e. The van der Waals surface area contributed by atoms with E-state index in [1.807, 2.05) is 83.7 Å². The third-order valence-corrected chi connectivity index (χ3v) is 3.83. The first-order valence-electron chi connectivity index (χ1n) is 8.34. The van der Waals surface area contributed by atoms with E-state index in [0.717, 1.165) is 12.2 Å². The standard InChI is InChI=1S/C21H20N2O2/c1-2-17-12-14-23(15-13-17)16-21(24)22-19-10-6-7-11-20(19)25-18-8-4-3-5-9-18/h3-15H,2,16H2,1H3/p+1. The van der Waals surface area contributed by atoms with E-state index in [4.69, 9.17) is 4.74 Å². The van der Waals surface area contributed by atoms with E-state index in [-0.39, 0.29) is 12.5 Å². The zero-order chi connectivity index (χ0) is 17.5. The van der Waals surface area contributed by atoms with Gasteiger partial charge in [-0.05, 0) is 36.2 Å². The second kappa shape index (κ2) is 8.11. The molecule has 0 aliphatic rings. The summed E-state index contributed by atoms with van der Waals surface area (Å²) in [5, 5.41) is 2.92. The molecule has 25 heavy (non-hydrogen) atoms. The van der Waals surface area contributed by atoms with Gasteiger partial charge in [0.15, 0.2) is 18.1 Å². The smallest absolute Gasteiger partial charge is 0.290 e. The highest BCUT2D eigenvalue weighted by molar-refractivity contribution is 5.91. The van der Waals surface area contributed by atoms with Crippen molar-refractivity contribution in [3.8, 4) is 11.5 Å². The number of nitrogens with one attached hydrogen (secondary N) is 1. The van der Waals surface area contributed by atoms with Crippen molar-refractivity contribution < 1.29 is 14.1 Å². The predicted octanol–water partition coefficient (Wildman–Crippen LogP) is 3.97.